The second-order valence-electron chi connectivity index (χ2n) is 4.19. The zero-order chi connectivity index (χ0) is 13.7. The molecule has 0 heterocycles. The molecule has 1 unspecified atom stereocenters. The summed E-state index contributed by atoms with van der Waals surface area (Å²) in [6.07, 6.45) is 0. The lowest BCUT2D eigenvalue weighted by Crippen LogP contribution is -2.42. The average Bonchev–Trinajstić information content (AvgIpc) is 2.37. The van der Waals surface area contributed by atoms with Gasteiger partial charge in [-0.3, -0.25) is 4.79 Å². The molecule has 5 heteroatoms. The number of hydrogen-bond acceptors (Lipinski definition) is 2. The molecule has 1 aromatic carbocycles. The lowest BCUT2D eigenvalue weighted by Gasteiger charge is -2.20. The van der Waals surface area contributed by atoms with Crippen LogP contribution in [0.1, 0.15) is 19.4 Å². The molecular weight excluding hydrogens is 316 g/mol. The Morgan fingerprint density at radius 3 is 2.83 bits per heavy atom. The molecule has 1 N–H and O–H groups in total. The molecule has 0 saturated heterocycles. The van der Waals surface area contributed by atoms with E-state index < -0.39 is 0 Å². The molecule has 0 aliphatic heterocycles. The van der Waals surface area contributed by atoms with Gasteiger partial charge in [-0.1, -0.05) is 27.5 Å². The Morgan fingerprint density at radius 2 is 2.22 bits per heavy atom. The number of nitrogens with zero attached hydrogens (tertiary/aromatic N) is 1. The van der Waals surface area contributed by atoms with Gasteiger partial charge in [0.05, 0.1) is 6.04 Å². The monoisotopic (exact) mass is 332 g/mol. The minimum Gasteiger partial charge on any atom is -0.345 e. The van der Waals surface area contributed by atoms with E-state index in [9.17, 15) is 4.79 Å². The minimum absolute atomic E-state index is 0.0867. The maximum Gasteiger partial charge on any atom is 0.239 e. The quantitative estimate of drug-likeness (QED) is 0.898. The van der Waals surface area contributed by atoms with E-state index >= 15 is 0 Å². The van der Waals surface area contributed by atoms with Crippen LogP contribution in [0.25, 0.3) is 0 Å². The van der Waals surface area contributed by atoms with Crippen LogP contribution in [-0.4, -0.2) is 30.4 Å². The number of benzene rings is 1. The molecule has 1 amide bonds. The first-order valence-corrected chi connectivity index (χ1v) is 7.05. The highest BCUT2D eigenvalue weighted by atomic mass is 79.9. The summed E-state index contributed by atoms with van der Waals surface area (Å²) in [5.74, 6) is 0.0867. The van der Waals surface area contributed by atoms with E-state index in [2.05, 4.69) is 21.2 Å². The Bertz CT molecular complexity index is 425. The van der Waals surface area contributed by atoms with Crippen molar-refractivity contribution >= 4 is 33.4 Å². The molecule has 3 nitrogen and oxygen atoms in total. The molecule has 0 aromatic heterocycles. The van der Waals surface area contributed by atoms with Crippen LogP contribution in [0.3, 0.4) is 0 Å². The van der Waals surface area contributed by atoms with Crippen LogP contribution in [0.15, 0.2) is 22.7 Å². The average molecular weight is 334 g/mol. The number of hydrogen-bond donors (Lipinski definition) is 1. The zero-order valence-corrected chi connectivity index (χ0v) is 13.2. The van der Waals surface area contributed by atoms with Gasteiger partial charge in [-0.2, -0.15) is 0 Å². The Labute approximate surface area is 122 Å². The predicted octanol–water partition coefficient (Wildman–Crippen LogP) is 3.06. The third kappa shape index (κ3) is 4.26. The second kappa shape index (κ2) is 7.12. The number of amides is 1. The topological polar surface area (TPSA) is 32.3 Å². The number of halogens is 2. The van der Waals surface area contributed by atoms with Crippen LogP contribution >= 0.6 is 27.5 Å². The van der Waals surface area contributed by atoms with Crippen molar-refractivity contribution in [2.24, 2.45) is 0 Å². The van der Waals surface area contributed by atoms with Crippen molar-refractivity contribution in [1.29, 1.82) is 0 Å². The summed E-state index contributed by atoms with van der Waals surface area (Å²) in [7, 11) is 1.80. The van der Waals surface area contributed by atoms with E-state index in [0.717, 1.165) is 10.0 Å². The first-order valence-electron chi connectivity index (χ1n) is 5.88. The van der Waals surface area contributed by atoms with E-state index in [1.165, 1.54) is 0 Å². The van der Waals surface area contributed by atoms with Crippen molar-refractivity contribution in [3.05, 3.63) is 33.3 Å². The van der Waals surface area contributed by atoms with Gasteiger partial charge in [0.1, 0.15) is 0 Å². The maximum atomic E-state index is 11.9. The standard InChI is InChI=1S/C13H18BrClN2O/c1-4-17(3)13(18)9(2)16-8-10-7-11(14)5-6-12(10)15/h5-7,9,16H,4,8H2,1-3H3. The molecule has 0 spiro atoms. The molecule has 0 aliphatic rings. The van der Waals surface area contributed by atoms with E-state index in [4.69, 9.17) is 11.6 Å². The number of carbonyl (C=O) groups is 1. The van der Waals surface area contributed by atoms with Gasteiger partial charge in [-0.05, 0) is 37.6 Å². The minimum atomic E-state index is -0.218. The molecule has 0 saturated carbocycles. The number of carbonyl (C=O) groups excluding carboxylic acids is 1. The first kappa shape index (κ1) is 15.5. The van der Waals surface area contributed by atoms with Crippen molar-refractivity contribution in [2.75, 3.05) is 13.6 Å². The molecule has 0 bridgehead atoms. The Balaban J connectivity index is 2.59. The summed E-state index contributed by atoms with van der Waals surface area (Å²) in [6.45, 7) is 5.10. The smallest absolute Gasteiger partial charge is 0.239 e. The summed E-state index contributed by atoms with van der Waals surface area (Å²) in [4.78, 5) is 13.6. The van der Waals surface area contributed by atoms with Gasteiger partial charge in [0.2, 0.25) is 5.91 Å². The number of nitrogens with one attached hydrogen (secondary N) is 1. The summed E-state index contributed by atoms with van der Waals surface area (Å²) >= 11 is 9.50. The van der Waals surface area contributed by atoms with Crippen molar-refractivity contribution < 1.29 is 4.79 Å². The molecular formula is C13H18BrClN2O. The highest BCUT2D eigenvalue weighted by Gasteiger charge is 2.15. The zero-order valence-electron chi connectivity index (χ0n) is 10.8. The number of rotatable bonds is 5. The third-order valence-corrected chi connectivity index (χ3v) is 3.69. The van der Waals surface area contributed by atoms with E-state index in [0.29, 0.717) is 18.1 Å². The largest absolute Gasteiger partial charge is 0.345 e. The number of likely N-dealkylation sites (N-methyl/N-ethyl adjacent to an activating group) is 1. The van der Waals surface area contributed by atoms with Gasteiger partial charge >= 0.3 is 0 Å². The van der Waals surface area contributed by atoms with Crippen molar-refractivity contribution in [2.45, 2.75) is 26.4 Å². The Hall–Kier alpha value is -0.580. The van der Waals surface area contributed by atoms with Crippen LogP contribution in [0, 0.1) is 0 Å². The maximum absolute atomic E-state index is 11.9. The lowest BCUT2D eigenvalue weighted by atomic mass is 10.2. The van der Waals surface area contributed by atoms with Gasteiger partial charge in [-0.15, -0.1) is 0 Å². The Kier molecular flexibility index (Phi) is 6.12. The molecule has 0 radical (unpaired) electrons. The summed E-state index contributed by atoms with van der Waals surface area (Å²) < 4.78 is 0.980. The van der Waals surface area contributed by atoms with Gasteiger partial charge in [0.25, 0.3) is 0 Å². The normalized spacial score (nSPS) is 12.3. The summed E-state index contributed by atoms with van der Waals surface area (Å²) in [5.41, 5.74) is 0.977. The van der Waals surface area contributed by atoms with Crippen LogP contribution in [-0.2, 0) is 11.3 Å². The molecule has 18 heavy (non-hydrogen) atoms. The predicted molar refractivity (Wildman–Crippen MR) is 78.8 cm³/mol. The third-order valence-electron chi connectivity index (χ3n) is 2.83. The van der Waals surface area contributed by atoms with Crippen LogP contribution < -0.4 is 5.32 Å². The van der Waals surface area contributed by atoms with Crippen LogP contribution in [0.5, 0.6) is 0 Å². The highest BCUT2D eigenvalue weighted by molar-refractivity contribution is 9.10. The molecule has 1 rings (SSSR count). The van der Waals surface area contributed by atoms with Crippen LogP contribution in [0.2, 0.25) is 5.02 Å². The van der Waals surface area contributed by atoms with Gasteiger partial charge in [0, 0.05) is 29.6 Å². The molecule has 1 atom stereocenters. The fourth-order valence-electron chi connectivity index (χ4n) is 1.52. The van der Waals surface area contributed by atoms with E-state index in [-0.39, 0.29) is 11.9 Å². The Morgan fingerprint density at radius 1 is 1.56 bits per heavy atom. The van der Waals surface area contributed by atoms with Crippen molar-refractivity contribution in [1.82, 2.24) is 10.2 Å². The molecule has 100 valence electrons. The second-order valence-corrected chi connectivity index (χ2v) is 5.51. The van der Waals surface area contributed by atoms with Gasteiger partial charge in [0.15, 0.2) is 0 Å². The highest BCUT2D eigenvalue weighted by Crippen LogP contribution is 2.20. The summed E-state index contributed by atoms with van der Waals surface area (Å²) in [6, 6.07) is 5.47. The fourth-order valence-corrected chi connectivity index (χ4v) is 2.11. The molecule has 1 aromatic rings. The van der Waals surface area contributed by atoms with Crippen molar-refractivity contribution in [3.63, 3.8) is 0 Å². The first-order chi connectivity index (χ1) is 8.45. The molecule has 0 fully saturated rings. The van der Waals surface area contributed by atoms with E-state index in [1.807, 2.05) is 32.0 Å². The van der Waals surface area contributed by atoms with Gasteiger partial charge in [-0.25, -0.2) is 0 Å². The fraction of sp³-hybridized carbons (Fsp3) is 0.462. The summed E-state index contributed by atoms with van der Waals surface area (Å²) in [5, 5.41) is 3.89. The molecule has 0 aliphatic carbocycles. The van der Waals surface area contributed by atoms with E-state index in [1.54, 1.807) is 11.9 Å². The lowest BCUT2D eigenvalue weighted by molar-refractivity contribution is -0.131. The van der Waals surface area contributed by atoms with Crippen molar-refractivity contribution in [3.8, 4) is 0 Å². The SMILES string of the molecule is CCN(C)C(=O)C(C)NCc1cc(Br)ccc1Cl. The van der Waals surface area contributed by atoms with Gasteiger partial charge < -0.3 is 10.2 Å². The van der Waals surface area contributed by atoms with Crippen LogP contribution in [0.4, 0.5) is 0 Å².